The molecule has 34 heavy (non-hydrogen) atoms. The second-order valence-corrected chi connectivity index (χ2v) is 10.8. The lowest BCUT2D eigenvalue weighted by atomic mass is 9.86. The Balaban J connectivity index is 1.38. The summed E-state index contributed by atoms with van der Waals surface area (Å²) in [5.74, 6) is -1.41. The van der Waals surface area contributed by atoms with Gasteiger partial charge in [-0.25, -0.2) is 8.42 Å². The Morgan fingerprint density at radius 3 is 2.53 bits per heavy atom. The molecule has 1 fully saturated rings. The van der Waals surface area contributed by atoms with E-state index in [4.69, 9.17) is 0 Å². The summed E-state index contributed by atoms with van der Waals surface area (Å²) in [6.07, 6.45) is 0.399. The second-order valence-electron chi connectivity index (χ2n) is 9.16. The summed E-state index contributed by atoms with van der Waals surface area (Å²) in [7, 11) is -3.97. The van der Waals surface area contributed by atoms with Gasteiger partial charge in [-0.2, -0.15) is 0 Å². The quantitative estimate of drug-likeness (QED) is 0.564. The van der Waals surface area contributed by atoms with E-state index in [-0.39, 0.29) is 47.7 Å². The molecule has 0 bridgehead atoms. The van der Waals surface area contributed by atoms with Crippen molar-refractivity contribution in [3.8, 4) is 0 Å². The number of nitrogens with one attached hydrogen (secondary N) is 3. The molecular weight excluding hydrogens is 460 g/mol. The summed E-state index contributed by atoms with van der Waals surface area (Å²) in [4.78, 5) is 50.0. The highest BCUT2D eigenvalue weighted by atomic mass is 32.2. The Hall–Kier alpha value is -3.73. The van der Waals surface area contributed by atoms with E-state index in [1.165, 1.54) is 29.2 Å². The van der Waals surface area contributed by atoms with Crippen LogP contribution in [-0.4, -0.2) is 43.0 Å². The van der Waals surface area contributed by atoms with Gasteiger partial charge in [0.15, 0.2) is 0 Å². The first-order valence-electron chi connectivity index (χ1n) is 10.7. The number of hydrogen-bond donors (Lipinski definition) is 3. The highest BCUT2D eigenvalue weighted by molar-refractivity contribution is 7.92. The lowest BCUT2D eigenvalue weighted by Crippen LogP contribution is -2.52. The van der Waals surface area contributed by atoms with Crippen LogP contribution in [-0.2, 0) is 36.4 Å². The van der Waals surface area contributed by atoms with Crippen molar-refractivity contribution in [2.75, 3.05) is 10.0 Å². The van der Waals surface area contributed by atoms with Gasteiger partial charge in [-0.05, 0) is 67.8 Å². The number of benzene rings is 2. The minimum Gasteiger partial charge on any atom is -0.325 e. The van der Waals surface area contributed by atoms with Crippen LogP contribution in [0.15, 0.2) is 41.3 Å². The number of carbonyl (C=O) groups excluding carboxylic acids is 4. The molecule has 3 heterocycles. The van der Waals surface area contributed by atoms with Crippen molar-refractivity contribution in [2.24, 2.45) is 0 Å². The fraction of sp³-hybridized carbons (Fsp3) is 0.304. The predicted molar refractivity (Wildman–Crippen MR) is 121 cm³/mol. The van der Waals surface area contributed by atoms with Gasteiger partial charge in [-0.3, -0.25) is 29.2 Å². The van der Waals surface area contributed by atoms with E-state index >= 15 is 0 Å². The number of hydrogen-bond acceptors (Lipinski definition) is 6. The molecule has 10 nitrogen and oxygen atoms in total. The molecule has 1 saturated heterocycles. The van der Waals surface area contributed by atoms with E-state index in [0.717, 1.165) is 0 Å². The fourth-order valence-corrected chi connectivity index (χ4v) is 5.64. The van der Waals surface area contributed by atoms with Crippen molar-refractivity contribution in [1.82, 2.24) is 10.2 Å². The molecule has 5 rings (SSSR count). The lowest BCUT2D eigenvalue weighted by molar-refractivity contribution is -0.137. The minimum atomic E-state index is -3.97. The van der Waals surface area contributed by atoms with Crippen LogP contribution < -0.4 is 15.4 Å². The number of nitrogens with zero attached hydrogens (tertiary/aromatic N) is 1. The standard InChI is InChI=1S/C23H22N4O6S/c1-23(2)16-10-14(4-6-17(16)24-22(23)31)34(32,33)26-13-3-5-15-12(9-13)11-27(21(15)30)18-7-8-19(28)25-20(18)29/h3-6,9-10,18,26H,7-8,11H2,1-2H3,(H,24,31)(H,25,28,29). The predicted octanol–water partition coefficient (Wildman–Crippen LogP) is 1.48. The van der Waals surface area contributed by atoms with Gasteiger partial charge in [0.05, 0.1) is 10.3 Å². The zero-order valence-electron chi connectivity index (χ0n) is 18.5. The molecule has 176 valence electrons. The largest absolute Gasteiger partial charge is 0.325 e. The van der Waals surface area contributed by atoms with Gasteiger partial charge in [0.2, 0.25) is 17.7 Å². The van der Waals surface area contributed by atoms with E-state index < -0.39 is 27.4 Å². The molecule has 1 unspecified atom stereocenters. The van der Waals surface area contributed by atoms with Crippen LogP contribution in [0.25, 0.3) is 0 Å². The molecule has 0 spiro atoms. The van der Waals surface area contributed by atoms with Gasteiger partial charge in [0.25, 0.3) is 15.9 Å². The number of imide groups is 1. The molecule has 4 amide bonds. The van der Waals surface area contributed by atoms with Crippen LogP contribution >= 0.6 is 0 Å². The van der Waals surface area contributed by atoms with Crippen molar-refractivity contribution in [3.63, 3.8) is 0 Å². The maximum atomic E-state index is 13.1. The van der Waals surface area contributed by atoms with Crippen molar-refractivity contribution in [3.05, 3.63) is 53.1 Å². The summed E-state index contributed by atoms with van der Waals surface area (Å²) in [6, 6.07) is 8.31. The SMILES string of the molecule is CC1(C)C(=O)Nc2ccc(S(=O)(=O)Nc3ccc4c(c3)CN(C3CCC(=O)NC3=O)C4=O)cc21. The van der Waals surface area contributed by atoms with Gasteiger partial charge in [-0.1, -0.05) is 0 Å². The molecule has 2 aromatic carbocycles. The summed E-state index contributed by atoms with van der Waals surface area (Å²) < 4.78 is 28.7. The third-order valence-electron chi connectivity index (χ3n) is 6.57. The number of sulfonamides is 1. The van der Waals surface area contributed by atoms with Crippen molar-refractivity contribution >= 4 is 45.0 Å². The van der Waals surface area contributed by atoms with Crippen LogP contribution in [0.1, 0.15) is 48.2 Å². The Kier molecular flexibility index (Phi) is 4.80. The summed E-state index contributed by atoms with van der Waals surface area (Å²) in [5, 5.41) is 5.00. The van der Waals surface area contributed by atoms with Gasteiger partial charge in [0, 0.05) is 29.9 Å². The Morgan fingerprint density at radius 1 is 1.03 bits per heavy atom. The van der Waals surface area contributed by atoms with E-state index in [0.29, 0.717) is 22.4 Å². The van der Waals surface area contributed by atoms with E-state index in [9.17, 15) is 27.6 Å². The first-order valence-corrected chi connectivity index (χ1v) is 12.2. The number of carbonyl (C=O) groups is 4. The normalized spacial score (nSPS) is 21.1. The highest BCUT2D eigenvalue weighted by Crippen LogP contribution is 2.39. The van der Waals surface area contributed by atoms with Crippen LogP contribution in [0, 0.1) is 0 Å². The van der Waals surface area contributed by atoms with Gasteiger partial charge in [0.1, 0.15) is 6.04 Å². The van der Waals surface area contributed by atoms with E-state index in [1.807, 2.05) is 0 Å². The summed E-state index contributed by atoms with van der Waals surface area (Å²) in [6.45, 7) is 3.59. The van der Waals surface area contributed by atoms with Gasteiger partial charge < -0.3 is 10.2 Å². The number of fused-ring (bicyclic) bond motifs is 2. The summed E-state index contributed by atoms with van der Waals surface area (Å²) in [5.41, 5.74) is 1.56. The minimum absolute atomic E-state index is 0.0116. The number of anilines is 2. The molecule has 2 aromatic rings. The van der Waals surface area contributed by atoms with Crippen LogP contribution in [0.4, 0.5) is 11.4 Å². The van der Waals surface area contributed by atoms with Crippen LogP contribution in [0.3, 0.4) is 0 Å². The molecule has 0 saturated carbocycles. The fourth-order valence-electron chi connectivity index (χ4n) is 4.57. The highest BCUT2D eigenvalue weighted by Gasteiger charge is 2.40. The topological polar surface area (TPSA) is 142 Å². The molecule has 0 radical (unpaired) electrons. The number of amides is 4. The molecule has 3 aliphatic heterocycles. The molecule has 11 heteroatoms. The van der Waals surface area contributed by atoms with E-state index in [2.05, 4.69) is 15.4 Å². The molecule has 3 aliphatic rings. The number of rotatable bonds is 4. The zero-order chi connectivity index (χ0) is 24.4. The lowest BCUT2D eigenvalue weighted by Gasteiger charge is -2.29. The first-order chi connectivity index (χ1) is 16.0. The Bertz CT molecular complexity index is 1400. The monoisotopic (exact) mass is 482 g/mol. The smallest absolute Gasteiger partial charge is 0.261 e. The van der Waals surface area contributed by atoms with Crippen LogP contribution in [0.2, 0.25) is 0 Å². The van der Waals surface area contributed by atoms with E-state index in [1.54, 1.807) is 26.0 Å². The van der Waals surface area contributed by atoms with Crippen molar-refractivity contribution < 1.29 is 27.6 Å². The summed E-state index contributed by atoms with van der Waals surface area (Å²) >= 11 is 0. The van der Waals surface area contributed by atoms with Gasteiger partial charge >= 0.3 is 0 Å². The Labute approximate surface area is 195 Å². The second kappa shape index (κ2) is 7.39. The van der Waals surface area contributed by atoms with Gasteiger partial charge in [-0.15, -0.1) is 0 Å². The maximum absolute atomic E-state index is 13.1. The number of piperidine rings is 1. The zero-order valence-corrected chi connectivity index (χ0v) is 19.3. The Morgan fingerprint density at radius 2 is 1.79 bits per heavy atom. The molecule has 0 aliphatic carbocycles. The third-order valence-corrected chi connectivity index (χ3v) is 7.95. The molecule has 1 atom stereocenters. The molecule has 0 aromatic heterocycles. The van der Waals surface area contributed by atoms with Crippen molar-refractivity contribution in [1.29, 1.82) is 0 Å². The maximum Gasteiger partial charge on any atom is 0.261 e. The molecule has 3 N–H and O–H groups in total. The first kappa shape index (κ1) is 22.1. The van der Waals surface area contributed by atoms with Crippen molar-refractivity contribution in [2.45, 2.75) is 49.6 Å². The van der Waals surface area contributed by atoms with Crippen LogP contribution in [0.5, 0.6) is 0 Å². The third kappa shape index (κ3) is 3.43. The molecular formula is C23H22N4O6S. The average molecular weight is 483 g/mol. The average Bonchev–Trinajstić information content (AvgIpc) is 3.20.